The van der Waals surface area contributed by atoms with Gasteiger partial charge in [-0.15, -0.1) is 11.8 Å². The van der Waals surface area contributed by atoms with E-state index in [0.29, 0.717) is 29.2 Å². The Hall–Kier alpha value is -1.53. The lowest BCUT2D eigenvalue weighted by Gasteiger charge is -2.36. The molecule has 1 saturated heterocycles. The van der Waals surface area contributed by atoms with Crippen LogP contribution in [-0.2, 0) is 4.79 Å². The summed E-state index contributed by atoms with van der Waals surface area (Å²) in [6, 6.07) is 8.10. The molecule has 0 spiro atoms. The Bertz CT molecular complexity index is 755. The van der Waals surface area contributed by atoms with Crippen molar-refractivity contribution >= 4 is 23.6 Å². The fraction of sp³-hybridized carbons (Fsp3) is 0.692. The predicted molar refractivity (Wildman–Crippen MR) is 133 cm³/mol. The van der Waals surface area contributed by atoms with Crippen molar-refractivity contribution in [3.05, 3.63) is 29.8 Å². The molecule has 1 aliphatic heterocycles. The summed E-state index contributed by atoms with van der Waals surface area (Å²) in [5.41, 5.74) is 0.665. The highest BCUT2D eigenvalue weighted by atomic mass is 32.2. The van der Waals surface area contributed by atoms with E-state index >= 15 is 0 Å². The molecule has 1 aromatic carbocycles. The first-order valence-corrected chi connectivity index (χ1v) is 13.3. The van der Waals surface area contributed by atoms with E-state index in [2.05, 4.69) is 31.0 Å². The Kier molecular flexibility index (Phi) is 9.47. The zero-order valence-electron chi connectivity index (χ0n) is 20.3. The van der Waals surface area contributed by atoms with Gasteiger partial charge in [-0.2, -0.15) is 0 Å². The molecule has 2 fully saturated rings. The average molecular weight is 460 g/mol. The molecule has 1 heterocycles. The number of carbonyl (C=O) groups excluding carboxylic acids is 2. The molecule has 32 heavy (non-hydrogen) atoms. The van der Waals surface area contributed by atoms with Crippen LogP contribution < -0.4 is 5.32 Å². The van der Waals surface area contributed by atoms with Crippen LogP contribution in [0.4, 0.5) is 0 Å². The van der Waals surface area contributed by atoms with Crippen molar-refractivity contribution in [2.45, 2.75) is 76.3 Å². The highest BCUT2D eigenvalue weighted by Gasteiger charge is 2.25. The van der Waals surface area contributed by atoms with Crippen LogP contribution in [0.25, 0.3) is 0 Å². The largest absolute Gasteiger partial charge is 0.348 e. The van der Waals surface area contributed by atoms with Crippen LogP contribution in [-0.4, -0.2) is 66.1 Å². The third-order valence-electron chi connectivity index (χ3n) is 6.85. The van der Waals surface area contributed by atoms with Gasteiger partial charge in [-0.1, -0.05) is 45.2 Å². The number of nitrogens with zero attached hydrogens (tertiary/aromatic N) is 2. The Morgan fingerprint density at radius 1 is 1.12 bits per heavy atom. The van der Waals surface area contributed by atoms with E-state index in [-0.39, 0.29) is 17.9 Å². The summed E-state index contributed by atoms with van der Waals surface area (Å²) in [7, 11) is 1.93. The van der Waals surface area contributed by atoms with Gasteiger partial charge in [-0.05, 0) is 50.2 Å². The van der Waals surface area contributed by atoms with Crippen LogP contribution in [0.1, 0.15) is 69.7 Å². The molecule has 3 unspecified atom stereocenters. The van der Waals surface area contributed by atoms with E-state index in [4.69, 9.17) is 0 Å². The summed E-state index contributed by atoms with van der Waals surface area (Å²) in [6.07, 6.45) is 7.22. The van der Waals surface area contributed by atoms with Gasteiger partial charge in [-0.25, -0.2) is 0 Å². The van der Waals surface area contributed by atoms with Crippen molar-refractivity contribution in [2.24, 2.45) is 11.8 Å². The molecule has 3 rings (SSSR count). The molecule has 6 heteroatoms. The van der Waals surface area contributed by atoms with Gasteiger partial charge >= 0.3 is 0 Å². The monoisotopic (exact) mass is 459 g/mol. The van der Waals surface area contributed by atoms with Crippen molar-refractivity contribution in [2.75, 3.05) is 32.4 Å². The first-order chi connectivity index (χ1) is 15.3. The summed E-state index contributed by atoms with van der Waals surface area (Å²) in [5.74, 6) is 1.90. The highest BCUT2D eigenvalue weighted by Crippen LogP contribution is 2.26. The fourth-order valence-corrected chi connectivity index (χ4v) is 6.34. The lowest BCUT2D eigenvalue weighted by molar-refractivity contribution is -0.129. The van der Waals surface area contributed by atoms with Gasteiger partial charge in [0.15, 0.2) is 0 Å². The number of amides is 2. The van der Waals surface area contributed by atoms with Gasteiger partial charge in [0, 0.05) is 43.7 Å². The Morgan fingerprint density at radius 2 is 1.78 bits per heavy atom. The molecule has 1 aromatic rings. The fourth-order valence-electron chi connectivity index (χ4n) is 5.37. The number of likely N-dealkylation sites (tertiary alicyclic amines) is 1. The lowest BCUT2D eigenvalue weighted by Crippen LogP contribution is -2.47. The van der Waals surface area contributed by atoms with Gasteiger partial charge in [0.25, 0.3) is 5.91 Å². The minimum atomic E-state index is -0.0493. The van der Waals surface area contributed by atoms with Crippen LogP contribution in [0.5, 0.6) is 0 Å². The van der Waals surface area contributed by atoms with E-state index in [1.165, 1.54) is 37.4 Å². The lowest BCUT2D eigenvalue weighted by atomic mass is 9.92. The van der Waals surface area contributed by atoms with E-state index < -0.39 is 0 Å². The zero-order valence-corrected chi connectivity index (χ0v) is 21.1. The number of hydrogen-bond acceptors (Lipinski definition) is 4. The van der Waals surface area contributed by atoms with Crippen molar-refractivity contribution in [1.82, 2.24) is 15.1 Å². The molecular formula is C26H41N3O2S. The Labute approximate surface area is 198 Å². The zero-order chi connectivity index (χ0) is 23.1. The molecule has 178 valence electrons. The molecule has 2 amide bonds. The number of rotatable bonds is 8. The van der Waals surface area contributed by atoms with Crippen LogP contribution >= 0.6 is 11.8 Å². The van der Waals surface area contributed by atoms with Crippen LogP contribution in [0.3, 0.4) is 0 Å². The summed E-state index contributed by atoms with van der Waals surface area (Å²) in [6.45, 7) is 9.79. The topological polar surface area (TPSA) is 52.7 Å². The van der Waals surface area contributed by atoms with Gasteiger partial charge in [-0.3, -0.25) is 9.59 Å². The number of piperidine rings is 1. The summed E-state index contributed by atoms with van der Waals surface area (Å²) in [5, 5.41) is 3.19. The van der Waals surface area contributed by atoms with Gasteiger partial charge in [0.05, 0.1) is 11.3 Å². The summed E-state index contributed by atoms with van der Waals surface area (Å²) >= 11 is 1.48. The average Bonchev–Trinajstić information content (AvgIpc) is 2.76. The SMILES string of the molecule is CC1CC(C)CN(CC(C)NC(=O)c2ccccc2SCC(=O)N(C)C2CCCCC2)C1. The molecule has 0 aromatic heterocycles. The van der Waals surface area contributed by atoms with Crippen LogP contribution in [0.2, 0.25) is 0 Å². The van der Waals surface area contributed by atoms with E-state index in [1.807, 2.05) is 36.2 Å². The molecule has 1 N–H and O–H groups in total. The maximum absolute atomic E-state index is 13.0. The second-order valence-electron chi connectivity index (χ2n) is 10.1. The third-order valence-corrected chi connectivity index (χ3v) is 7.91. The first kappa shape index (κ1) is 25.1. The second kappa shape index (κ2) is 12.1. The molecule has 3 atom stereocenters. The van der Waals surface area contributed by atoms with Crippen molar-refractivity contribution in [3.63, 3.8) is 0 Å². The number of thioether (sulfide) groups is 1. The molecule has 0 bridgehead atoms. The Balaban J connectivity index is 1.53. The van der Waals surface area contributed by atoms with E-state index in [0.717, 1.165) is 37.4 Å². The van der Waals surface area contributed by atoms with Gasteiger partial charge in [0.1, 0.15) is 0 Å². The number of nitrogens with one attached hydrogen (secondary N) is 1. The summed E-state index contributed by atoms with van der Waals surface area (Å²) < 4.78 is 0. The normalized spacial score (nSPS) is 23.5. The first-order valence-electron chi connectivity index (χ1n) is 12.3. The quantitative estimate of drug-likeness (QED) is 0.574. The van der Waals surface area contributed by atoms with Gasteiger partial charge in [0.2, 0.25) is 5.91 Å². The van der Waals surface area contributed by atoms with E-state index in [1.54, 1.807) is 0 Å². The second-order valence-corrected chi connectivity index (χ2v) is 11.1. The smallest absolute Gasteiger partial charge is 0.252 e. The molecule has 5 nitrogen and oxygen atoms in total. The summed E-state index contributed by atoms with van der Waals surface area (Å²) in [4.78, 5) is 31.1. The maximum atomic E-state index is 13.0. The molecule has 0 radical (unpaired) electrons. The standard InChI is InChI=1S/C26H41N3O2S/c1-19-14-20(2)16-29(15-19)17-21(3)27-26(31)23-12-8-9-13-24(23)32-18-25(30)28(4)22-10-6-5-7-11-22/h8-9,12-13,19-22H,5-7,10-11,14-18H2,1-4H3,(H,27,31). The molecule has 1 saturated carbocycles. The van der Waals surface area contributed by atoms with Crippen molar-refractivity contribution in [3.8, 4) is 0 Å². The molecular weight excluding hydrogens is 418 g/mol. The highest BCUT2D eigenvalue weighted by molar-refractivity contribution is 8.00. The molecule has 1 aliphatic carbocycles. The number of carbonyl (C=O) groups is 2. The third kappa shape index (κ3) is 7.24. The number of hydrogen-bond donors (Lipinski definition) is 1. The maximum Gasteiger partial charge on any atom is 0.252 e. The van der Waals surface area contributed by atoms with Crippen molar-refractivity contribution in [1.29, 1.82) is 0 Å². The van der Waals surface area contributed by atoms with Crippen LogP contribution in [0, 0.1) is 11.8 Å². The minimum Gasteiger partial charge on any atom is -0.348 e. The number of benzene rings is 1. The van der Waals surface area contributed by atoms with Gasteiger partial charge < -0.3 is 15.1 Å². The molecule has 2 aliphatic rings. The predicted octanol–water partition coefficient (Wildman–Crippen LogP) is 4.67. The van der Waals surface area contributed by atoms with Crippen LogP contribution in [0.15, 0.2) is 29.2 Å². The minimum absolute atomic E-state index is 0.0493. The van der Waals surface area contributed by atoms with Crippen molar-refractivity contribution < 1.29 is 9.59 Å². The Morgan fingerprint density at radius 3 is 2.47 bits per heavy atom. The van der Waals surface area contributed by atoms with E-state index in [9.17, 15) is 9.59 Å².